The van der Waals surface area contributed by atoms with Gasteiger partial charge in [-0.1, -0.05) is 42.5 Å². The lowest BCUT2D eigenvalue weighted by atomic mass is 9.82. The molecule has 5 aromatic carbocycles. The first-order chi connectivity index (χ1) is 22.2. The Morgan fingerprint density at radius 1 is 0.630 bits per heavy atom. The summed E-state index contributed by atoms with van der Waals surface area (Å²) in [5.74, 6) is -1.28. The van der Waals surface area contributed by atoms with Gasteiger partial charge in [0.2, 0.25) is 0 Å². The Hall–Kier alpha value is -6.09. The molecule has 9 nitrogen and oxygen atoms in total. The predicted octanol–water partition coefficient (Wildman–Crippen LogP) is 5.83. The molecule has 0 atom stereocenters. The molecule has 0 bridgehead atoms. The van der Waals surface area contributed by atoms with E-state index in [1.165, 1.54) is 41.3 Å². The third kappa shape index (κ3) is 5.73. The van der Waals surface area contributed by atoms with E-state index in [1.54, 1.807) is 66.7 Å². The van der Waals surface area contributed by atoms with Gasteiger partial charge in [-0.05, 0) is 84.6 Å². The van der Waals surface area contributed by atoms with Crippen LogP contribution in [-0.2, 0) is 12.8 Å². The summed E-state index contributed by atoms with van der Waals surface area (Å²) >= 11 is 0. The van der Waals surface area contributed by atoms with E-state index in [-0.39, 0.29) is 76.2 Å². The monoisotopic (exact) mass is 614 g/mol. The second-order valence-electron chi connectivity index (χ2n) is 11.0. The Labute approximate surface area is 264 Å². The van der Waals surface area contributed by atoms with Crippen LogP contribution in [0.1, 0.15) is 53.3 Å². The molecular formula is C37H30N2O7. The minimum atomic E-state index is -0.416. The molecular weight excluding hydrogens is 584 g/mol. The summed E-state index contributed by atoms with van der Waals surface area (Å²) in [4.78, 5) is 43.7. The van der Waals surface area contributed by atoms with Gasteiger partial charge in [0.25, 0.3) is 5.91 Å². The first-order valence-electron chi connectivity index (χ1n) is 14.7. The number of hydrogen-bond donors (Lipinski definition) is 5. The van der Waals surface area contributed by atoms with Gasteiger partial charge in [-0.2, -0.15) is 0 Å². The lowest BCUT2D eigenvalue weighted by Gasteiger charge is -2.29. The van der Waals surface area contributed by atoms with Crippen molar-refractivity contribution in [1.29, 1.82) is 0 Å². The molecule has 230 valence electrons. The Morgan fingerprint density at radius 3 is 1.83 bits per heavy atom. The third-order valence-electron chi connectivity index (χ3n) is 8.05. The number of nitrogens with one attached hydrogen (secondary N) is 1. The zero-order valence-electron chi connectivity index (χ0n) is 24.6. The van der Waals surface area contributed by atoms with Crippen LogP contribution in [0.15, 0.2) is 103 Å². The summed E-state index contributed by atoms with van der Waals surface area (Å²) in [6.07, 6.45) is 0.446. The normalized spacial score (nSPS) is 11.9. The number of fused-ring (bicyclic) bond motifs is 2. The molecule has 0 spiro atoms. The molecule has 1 aliphatic rings. The van der Waals surface area contributed by atoms with E-state index in [1.807, 2.05) is 0 Å². The Bertz CT molecular complexity index is 1990. The Balaban J connectivity index is 1.44. The number of ketones is 2. The lowest BCUT2D eigenvalue weighted by molar-refractivity contribution is 0.0973. The fourth-order valence-corrected chi connectivity index (χ4v) is 5.75. The third-order valence-corrected chi connectivity index (χ3v) is 8.05. The van der Waals surface area contributed by atoms with Gasteiger partial charge in [-0.25, -0.2) is 0 Å². The Kier molecular flexibility index (Phi) is 8.13. The number of aromatic hydroxyl groups is 4. The number of rotatable bonds is 9. The molecule has 46 heavy (non-hydrogen) atoms. The molecule has 1 aliphatic carbocycles. The molecule has 5 N–H and O–H groups in total. The smallest absolute Gasteiger partial charge is 0.258 e. The summed E-state index contributed by atoms with van der Waals surface area (Å²) in [5, 5.41) is 43.7. The van der Waals surface area contributed by atoms with Gasteiger partial charge in [-0.15, -0.1) is 0 Å². The van der Waals surface area contributed by atoms with Gasteiger partial charge in [0.15, 0.2) is 11.6 Å². The van der Waals surface area contributed by atoms with Crippen molar-refractivity contribution in [3.63, 3.8) is 0 Å². The van der Waals surface area contributed by atoms with Crippen molar-refractivity contribution < 1.29 is 34.8 Å². The van der Waals surface area contributed by atoms with Gasteiger partial charge < -0.3 is 30.6 Å². The van der Waals surface area contributed by atoms with E-state index in [0.29, 0.717) is 28.8 Å². The minimum Gasteiger partial charge on any atom is -0.508 e. The van der Waals surface area contributed by atoms with Crippen LogP contribution in [0.4, 0.5) is 11.4 Å². The van der Waals surface area contributed by atoms with E-state index in [2.05, 4.69) is 5.32 Å². The molecule has 0 fully saturated rings. The van der Waals surface area contributed by atoms with Gasteiger partial charge in [0.05, 0.1) is 16.8 Å². The van der Waals surface area contributed by atoms with E-state index in [0.717, 1.165) is 0 Å². The number of carbonyl (C=O) groups is 3. The quantitative estimate of drug-likeness (QED) is 0.128. The molecule has 0 saturated heterocycles. The highest BCUT2D eigenvalue weighted by atomic mass is 16.3. The maximum Gasteiger partial charge on any atom is 0.258 e. The number of amides is 1. The number of nitrogens with zero attached hydrogens (tertiary/aromatic N) is 1. The number of anilines is 2. The van der Waals surface area contributed by atoms with Crippen LogP contribution in [-0.4, -0.2) is 51.0 Å². The van der Waals surface area contributed by atoms with Crippen LogP contribution in [0.5, 0.6) is 23.0 Å². The maximum atomic E-state index is 14.2. The van der Waals surface area contributed by atoms with Crippen LogP contribution in [0, 0.1) is 0 Å². The fraction of sp³-hybridized carbons (Fsp3) is 0.108. The topological polar surface area (TPSA) is 147 Å². The minimum absolute atomic E-state index is 0.00845. The number of carbonyl (C=O) groups excluding carboxylic acids is 3. The Morgan fingerprint density at radius 2 is 1.20 bits per heavy atom. The SMILES string of the molecule is O=C1c2ccccc2C(=O)c2c(N(CCc3cc(O)ccc3O)C(=O)c3ccccc3)ccc(NCCc3cc(O)ccc3O)c21. The number of hydrogen-bond acceptors (Lipinski definition) is 8. The molecule has 0 radical (unpaired) electrons. The number of benzene rings is 5. The lowest BCUT2D eigenvalue weighted by Crippen LogP contribution is -2.36. The number of phenols is 4. The summed E-state index contributed by atoms with van der Waals surface area (Å²) in [7, 11) is 0. The van der Waals surface area contributed by atoms with Crippen molar-refractivity contribution in [2.24, 2.45) is 0 Å². The van der Waals surface area contributed by atoms with Crippen molar-refractivity contribution in [2.75, 3.05) is 23.3 Å². The molecule has 0 saturated carbocycles. The van der Waals surface area contributed by atoms with Gasteiger partial charge in [0.1, 0.15) is 23.0 Å². The molecule has 5 aromatic rings. The average molecular weight is 615 g/mol. The zero-order chi connectivity index (χ0) is 32.4. The van der Waals surface area contributed by atoms with Crippen LogP contribution in [0.2, 0.25) is 0 Å². The standard InChI is InChI=1S/C37H30N2O7/c40-25-10-14-31(42)23(20-25)16-18-38-29-12-13-30(34-33(29)35(44)27-8-4-5-9-28(27)36(34)45)39(37(46)22-6-2-1-3-7-22)19-17-24-21-26(41)11-15-32(24)43/h1-15,20-21,38,40-43H,16-19H2. The fourth-order valence-electron chi connectivity index (χ4n) is 5.75. The molecule has 9 heteroatoms. The highest BCUT2D eigenvalue weighted by Gasteiger charge is 2.36. The van der Waals surface area contributed by atoms with Gasteiger partial charge in [-0.3, -0.25) is 14.4 Å². The van der Waals surface area contributed by atoms with Crippen molar-refractivity contribution in [3.8, 4) is 23.0 Å². The first kappa shape index (κ1) is 30.0. The average Bonchev–Trinajstić information content (AvgIpc) is 3.07. The van der Waals surface area contributed by atoms with Gasteiger partial charge in [0, 0.05) is 35.5 Å². The molecule has 1 amide bonds. The van der Waals surface area contributed by atoms with Crippen LogP contribution in [0.25, 0.3) is 0 Å². The second-order valence-corrected chi connectivity index (χ2v) is 11.0. The van der Waals surface area contributed by atoms with Crippen molar-refractivity contribution >= 4 is 28.8 Å². The molecule has 0 aliphatic heterocycles. The summed E-state index contributed by atoms with van der Waals surface area (Å²) in [6.45, 7) is 0.277. The van der Waals surface area contributed by atoms with E-state index in [4.69, 9.17) is 0 Å². The molecule has 0 heterocycles. The van der Waals surface area contributed by atoms with E-state index < -0.39 is 11.7 Å². The molecule has 0 unspecified atom stereocenters. The maximum absolute atomic E-state index is 14.2. The van der Waals surface area contributed by atoms with Crippen molar-refractivity contribution in [1.82, 2.24) is 0 Å². The highest BCUT2D eigenvalue weighted by molar-refractivity contribution is 6.32. The van der Waals surface area contributed by atoms with Crippen LogP contribution >= 0.6 is 0 Å². The van der Waals surface area contributed by atoms with E-state index in [9.17, 15) is 34.8 Å². The van der Waals surface area contributed by atoms with Crippen molar-refractivity contribution in [3.05, 3.63) is 142 Å². The number of phenolic OH excluding ortho intramolecular Hbond substituents is 4. The largest absolute Gasteiger partial charge is 0.508 e. The summed E-state index contributed by atoms with van der Waals surface area (Å²) in [6, 6.07) is 26.7. The summed E-state index contributed by atoms with van der Waals surface area (Å²) < 4.78 is 0. The van der Waals surface area contributed by atoms with Crippen molar-refractivity contribution in [2.45, 2.75) is 12.8 Å². The first-order valence-corrected chi connectivity index (χ1v) is 14.7. The highest BCUT2D eigenvalue weighted by Crippen LogP contribution is 2.39. The summed E-state index contributed by atoms with van der Waals surface area (Å²) in [5.41, 5.74) is 2.53. The van der Waals surface area contributed by atoms with Crippen LogP contribution < -0.4 is 10.2 Å². The second kappa shape index (κ2) is 12.5. The predicted molar refractivity (Wildman–Crippen MR) is 173 cm³/mol. The van der Waals surface area contributed by atoms with Crippen LogP contribution in [0.3, 0.4) is 0 Å². The zero-order valence-corrected chi connectivity index (χ0v) is 24.6. The van der Waals surface area contributed by atoms with Gasteiger partial charge >= 0.3 is 0 Å². The molecule has 0 aromatic heterocycles. The molecule has 6 rings (SSSR count). The van der Waals surface area contributed by atoms with E-state index >= 15 is 0 Å².